The Morgan fingerprint density at radius 1 is 0.189 bits per heavy atom. The van der Waals surface area contributed by atoms with Crippen LogP contribution in [0.15, 0.2) is 497 Å². The molecule has 122 heavy (non-hydrogen) atoms. The normalized spacial score (nSPS) is 13.8. The highest BCUT2D eigenvalue weighted by Crippen LogP contribution is 2.58. The number of nitrogens with one attached hydrogen (secondary N) is 1. The van der Waals surface area contributed by atoms with Crippen LogP contribution in [0.4, 0.5) is 28.4 Å². The minimum Gasteiger partial charge on any atom is -0.356 e. The van der Waals surface area contributed by atoms with Crippen molar-refractivity contribution in [2.45, 2.75) is 18.3 Å². The third-order valence-electron chi connectivity index (χ3n) is 24.2. The zero-order valence-corrected chi connectivity index (χ0v) is 67.4. The van der Waals surface area contributed by atoms with E-state index < -0.39 is 10.8 Å². The molecule has 0 amide bonds. The van der Waals surface area contributed by atoms with Crippen molar-refractivity contribution in [3.8, 4) is 89.0 Å². The van der Waals surface area contributed by atoms with E-state index in [4.69, 9.17) is 11.6 Å². The zero-order chi connectivity index (χ0) is 80.9. The van der Waals surface area contributed by atoms with Gasteiger partial charge in [0, 0.05) is 33.5 Å². The zero-order valence-electron chi connectivity index (χ0n) is 66.7. The summed E-state index contributed by atoms with van der Waals surface area (Å²) >= 11 is 6.20. The van der Waals surface area contributed by atoms with Gasteiger partial charge in [0.15, 0.2) is 0 Å². The molecule has 0 heterocycles. The molecule has 0 fully saturated rings. The van der Waals surface area contributed by atoms with Crippen LogP contribution in [0.2, 0.25) is 5.02 Å². The van der Waals surface area contributed by atoms with Crippen LogP contribution in [0.5, 0.6) is 0 Å². The van der Waals surface area contributed by atoms with E-state index in [1.165, 1.54) is 150 Å². The van der Waals surface area contributed by atoms with Gasteiger partial charge in [-0.15, -0.1) is 0 Å². The fraction of sp³-hybridized carbons (Fsp3) is 0.0252. The molecule has 0 saturated carbocycles. The van der Waals surface area contributed by atoms with Crippen LogP contribution in [0.3, 0.4) is 0 Å². The summed E-state index contributed by atoms with van der Waals surface area (Å²) in [4.78, 5) is 2.35. The molecular weight excluding hydrogens is 1490 g/mol. The van der Waals surface area contributed by atoms with Crippen molar-refractivity contribution in [3.63, 3.8) is 0 Å². The predicted octanol–water partition coefficient (Wildman–Crippen LogP) is 32.6. The van der Waals surface area contributed by atoms with Gasteiger partial charge >= 0.3 is 0 Å². The largest absolute Gasteiger partial charge is 0.356 e. The summed E-state index contributed by atoms with van der Waals surface area (Å²) < 4.78 is 0. The number of rotatable bonds is 15. The molecule has 1 N–H and O–H groups in total. The maximum Gasteiger partial charge on any atom is 0.0713 e. The van der Waals surface area contributed by atoms with Gasteiger partial charge in [-0.05, 0) is 240 Å². The molecule has 2 nitrogen and oxygen atoms in total. The lowest BCUT2D eigenvalue weighted by molar-refractivity contribution is 0.750. The van der Waals surface area contributed by atoms with Crippen LogP contribution >= 0.6 is 11.6 Å². The monoisotopic (exact) mass is 1580 g/mol. The van der Waals surface area contributed by atoms with E-state index in [1.54, 1.807) is 0 Å². The fourth-order valence-electron chi connectivity index (χ4n) is 18.6. The predicted molar refractivity (Wildman–Crippen MR) is 518 cm³/mol. The molecule has 0 radical (unpaired) electrons. The van der Waals surface area contributed by atoms with E-state index >= 15 is 0 Å². The number of hydrogen-bond acceptors (Lipinski definition) is 2. The lowest BCUT2D eigenvalue weighted by Gasteiger charge is -2.42. The van der Waals surface area contributed by atoms with E-state index in [9.17, 15) is 0 Å². The van der Waals surface area contributed by atoms with Crippen molar-refractivity contribution in [1.82, 2.24) is 0 Å². The van der Waals surface area contributed by atoms with Gasteiger partial charge in [0.05, 0.1) is 10.8 Å². The molecule has 2 unspecified atom stereocenters. The third kappa shape index (κ3) is 14.5. The van der Waals surface area contributed by atoms with Crippen LogP contribution in [-0.2, 0) is 10.8 Å². The van der Waals surface area contributed by atoms with Gasteiger partial charge in [-0.25, -0.2) is 0 Å². The quantitative estimate of drug-likeness (QED) is 0.110. The van der Waals surface area contributed by atoms with Crippen LogP contribution in [0.25, 0.3) is 111 Å². The van der Waals surface area contributed by atoms with Crippen molar-refractivity contribution in [2.75, 3.05) is 10.2 Å². The molecule has 3 heteroatoms. The second-order valence-corrected chi connectivity index (χ2v) is 31.6. The molecule has 0 spiro atoms. The highest BCUT2D eigenvalue weighted by molar-refractivity contribution is 6.30. The SMILES string of the molecule is C.Clc1ccc(-c2cccc(C3(c4ccccc4)c4ccccc4-c4cccc5cccc3c45)c2)cc1.c1ccc(-c2ccc(N(c3ccc(-c4ccccc4)cc3)c3ccc(-c4cccc(C5(c6ccccc6)c6ccccc6-c6cccc7cccc5c67)c4)cc3)cc2)cc1.c1ccc(-c2ccc(Nc3ccc(-c4ccccc4)cc3)cc2)cc1. The van der Waals surface area contributed by atoms with Crippen molar-refractivity contribution in [3.05, 3.63) is 547 Å². The number of hydrogen-bond donors (Lipinski definition) is 1. The Bertz CT molecular complexity index is 6850. The average Bonchev–Trinajstić information content (AvgIpc) is 0.696. The first-order valence-corrected chi connectivity index (χ1v) is 41.9. The molecule has 0 saturated heterocycles. The Hall–Kier alpha value is -15.2. The average molecular weight is 1580 g/mol. The number of anilines is 5. The van der Waals surface area contributed by atoms with Gasteiger partial charge in [-0.3, -0.25) is 0 Å². The minimum atomic E-state index is -0.518. The summed E-state index contributed by atoms with van der Waals surface area (Å²) in [5.41, 5.74) is 34.5. The molecule has 2 aliphatic carbocycles. The summed E-state index contributed by atoms with van der Waals surface area (Å²) in [5, 5.41) is 9.41. The summed E-state index contributed by atoms with van der Waals surface area (Å²) in [5.74, 6) is 0. The number of halogens is 1. The van der Waals surface area contributed by atoms with Crippen LogP contribution in [-0.4, -0.2) is 0 Å². The van der Waals surface area contributed by atoms with Gasteiger partial charge in [0.1, 0.15) is 0 Å². The number of benzene rings is 20. The first-order chi connectivity index (χ1) is 59.9. The Labute approximate surface area is 720 Å². The van der Waals surface area contributed by atoms with Gasteiger partial charge in [-0.1, -0.05) is 432 Å². The maximum atomic E-state index is 6.20. The summed E-state index contributed by atoms with van der Waals surface area (Å²) in [6.07, 6.45) is 0. The Balaban J connectivity index is 0.000000133. The molecule has 2 aliphatic rings. The third-order valence-corrected chi connectivity index (χ3v) is 24.5. The van der Waals surface area contributed by atoms with Crippen molar-refractivity contribution in [2.24, 2.45) is 0 Å². The molecular formula is C119H87ClN2. The van der Waals surface area contributed by atoms with E-state index in [0.717, 1.165) is 39.0 Å². The topological polar surface area (TPSA) is 15.3 Å². The van der Waals surface area contributed by atoms with E-state index in [0.29, 0.717) is 0 Å². The van der Waals surface area contributed by atoms with Crippen LogP contribution in [0, 0.1) is 0 Å². The molecule has 0 aliphatic heterocycles. The minimum absolute atomic E-state index is 0. The Morgan fingerprint density at radius 2 is 0.426 bits per heavy atom. The first kappa shape index (κ1) is 76.8. The van der Waals surface area contributed by atoms with Crippen LogP contribution in [0.1, 0.15) is 51.9 Å². The molecule has 20 aromatic carbocycles. The molecule has 580 valence electrons. The fourth-order valence-corrected chi connectivity index (χ4v) is 18.8. The highest BCUT2D eigenvalue weighted by Gasteiger charge is 2.46. The van der Waals surface area contributed by atoms with E-state index in [1.807, 2.05) is 24.3 Å². The lowest BCUT2D eigenvalue weighted by atomic mass is 9.59. The second kappa shape index (κ2) is 34.0. The second-order valence-electron chi connectivity index (χ2n) is 31.1. The summed E-state index contributed by atoms with van der Waals surface area (Å²) in [6.45, 7) is 0. The van der Waals surface area contributed by atoms with E-state index in [-0.39, 0.29) is 7.43 Å². The Kier molecular flexibility index (Phi) is 21.4. The summed E-state index contributed by atoms with van der Waals surface area (Å²) in [6, 6.07) is 179. The highest BCUT2D eigenvalue weighted by atomic mass is 35.5. The Morgan fingerprint density at radius 3 is 0.770 bits per heavy atom. The number of nitrogens with zero attached hydrogens (tertiary/aromatic N) is 1. The smallest absolute Gasteiger partial charge is 0.0713 e. The molecule has 2 atom stereocenters. The van der Waals surface area contributed by atoms with Crippen molar-refractivity contribution in [1.29, 1.82) is 0 Å². The van der Waals surface area contributed by atoms with Crippen LogP contribution < -0.4 is 10.2 Å². The molecule has 20 aromatic rings. The lowest BCUT2D eigenvalue weighted by Crippen LogP contribution is -2.33. The van der Waals surface area contributed by atoms with Crippen molar-refractivity contribution < 1.29 is 0 Å². The standard InChI is InChI=1S/C59H41N.C35H23Cl.C24H19N.CH4/c1-4-15-42(16-5-1)44-29-35-51(36-30-44)60(52-37-31-45(32-38-52)43-17-6-2-7-18-43)53-39-33-46(34-40-53)48-21-12-24-50(41-48)59(49-22-8-3-9-23-49)56-27-11-10-25-54(56)55-26-13-19-47-20-14-28-57(59)58(47)55;36-29-21-19-24(20-22-29)26-11-6-14-28(23-26)35(27-12-2-1-3-13-27)32-17-5-4-15-30(32)31-16-7-9-25-10-8-18-33(35)34(25)31;1-3-7-19(8-4-1)21-11-15-23(16-12-21)25-24-17-13-22(14-18-24)20-9-5-2-6-10-20;/h1-41H;1-23H;1-18,25H;1H4. The summed E-state index contributed by atoms with van der Waals surface area (Å²) in [7, 11) is 0. The molecule has 0 bridgehead atoms. The number of fused-ring (bicyclic) bond motifs is 4. The molecule has 22 rings (SSSR count). The maximum absolute atomic E-state index is 6.20. The van der Waals surface area contributed by atoms with Gasteiger partial charge < -0.3 is 10.2 Å². The van der Waals surface area contributed by atoms with E-state index in [2.05, 4.69) is 483 Å². The van der Waals surface area contributed by atoms with Crippen molar-refractivity contribution >= 4 is 61.6 Å². The molecule has 0 aromatic heterocycles. The van der Waals surface area contributed by atoms with Gasteiger partial charge in [0.25, 0.3) is 0 Å². The van der Waals surface area contributed by atoms with Gasteiger partial charge in [-0.2, -0.15) is 0 Å². The van der Waals surface area contributed by atoms with Gasteiger partial charge in [0.2, 0.25) is 0 Å². The first-order valence-electron chi connectivity index (χ1n) is 41.5.